The van der Waals surface area contributed by atoms with E-state index in [4.69, 9.17) is 0 Å². The van der Waals surface area contributed by atoms with Gasteiger partial charge in [0.25, 0.3) is 5.91 Å². The number of aromatic nitrogens is 3. The number of carbonyl (C=O) groups excluding carboxylic acids is 1. The highest BCUT2D eigenvalue weighted by Gasteiger charge is 2.31. The highest BCUT2D eigenvalue weighted by molar-refractivity contribution is 7.03. The van der Waals surface area contributed by atoms with Crippen LogP contribution in [0.3, 0.4) is 0 Å². The number of aromatic amines is 1. The number of amides is 1. The summed E-state index contributed by atoms with van der Waals surface area (Å²) in [6, 6.07) is 6.30. The van der Waals surface area contributed by atoms with Gasteiger partial charge in [0.1, 0.15) is 11.6 Å². The molecule has 1 aromatic carbocycles. The number of aryl methyl sites for hydroxylation is 1. The molecule has 1 N–H and O–H groups in total. The van der Waals surface area contributed by atoms with Crippen molar-refractivity contribution in [1.82, 2.24) is 19.2 Å². The average molecular weight is 370 g/mol. The monoisotopic (exact) mass is 370 g/mol. The molecule has 1 aliphatic heterocycles. The number of imidazole rings is 1. The average Bonchev–Trinajstić information content (AvgIpc) is 3.30. The van der Waals surface area contributed by atoms with Crippen LogP contribution in [0.15, 0.2) is 35.8 Å². The normalized spacial score (nSPS) is 17.5. The van der Waals surface area contributed by atoms with Gasteiger partial charge in [-0.25, -0.2) is 9.37 Å². The first-order valence-electron chi connectivity index (χ1n) is 8.66. The number of benzene rings is 1. The first-order valence-corrected chi connectivity index (χ1v) is 9.50. The molecule has 4 rings (SSSR count). The van der Waals surface area contributed by atoms with Gasteiger partial charge in [0.15, 0.2) is 0 Å². The van der Waals surface area contributed by atoms with E-state index in [1.807, 2.05) is 23.3 Å². The van der Waals surface area contributed by atoms with Gasteiger partial charge >= 0.3 is 0 Å². The molecule has 1 fully saturated rings. The summed E-state index contributed by atoms with van der Waals surface area (Å²) in [5, 5.41) is 1.81. The number of halogens is 1. The van der Waals surface area contributed by atoms with Crippen molar-refractivity contribution in [2.24, 2.45) is 0 Å². The zero-order valence-electron chi connectivity index (χ0n) is 14.4. The van der Waals surface area contributed by atoms with Crippen molar-refractivity contribution in [1.29, 1.82) is 0 Å². The van der Waals surface area contributed by atoms with E-state index in [1.165, 1.54) is 23.7 Å². The zero-order valence-corrected chi connectivity index (χ0v) is 15.2. The molecule has 1 saturated heterocycles. The van der Waals surface area contributed by atoms with E-state index in [9.17, 15) is 9.18 Å². The van der Waals surface area contributed by atoms with Gasteiger partial charge in [0.05, 0.1) is 29.2 Å². The van der Waals surface area contributed by atoms with E-state index in [2.05, 4.69) is 14.3 Å². The van der Waals surface area contributed by atoms with Crippen LogP contribution < -0.4 is 0 Å². The molecule has 1 unspecified atom stereocenters. The number of hydrogen-bond donors (Lipinski definition) is 1. The fourth-order valence-electron chi connectivity index (χ4n) is 3.42. The maximum Gasteiger partial charge on any atom is 0.257 e. The summed E-state index contributed by atoms with van der Waals surface area (Å²) in [5.41, 5.74) is 2.93. The van der Waals surface area contributed by atoms with Gasteiger partial charge in [0, 0.05) is 17.5 Å². The van der Waals surface area contributed by atoms with Gasteiger partial charge in [-0.05, 0) is 49.9 Å². The second-order valence-electron chi connectivity index (χ2n) is 6.52. The molecule has 134 valence electrons. The second-order valence-corrected chi connectivity index (χ2v) is 7.15. The third kappa shape index (κ3) is 3.14. The molecule has 0 spiro atoms. The molecule has 0 bridgehead atoms. The number of hydrogen-bond acceptors (Lipinski definition) is 4. The Labute approximate surface area is 155 Å². The number of rotatable bonds is 3. The van der Waals surface area contributed by atoms with Gasteiger partial charge < -0.3 is 9.88 Å². The van der Waals surface area contributed by atoms with Crippen LogP contribution in [-0.4, -0.2) is 31.7 Å². The summed E-state index contributed by atoms with van der Waals surface area (Å²) in [4.78, 5) is 22.7. The topological polar surface area (TPSA) is 61.9 Å². The molecular formula is C19H19FN4OS. The number of H-pyrrole nitrogens is 1. The van der Waals surface area contributed by atoms with E-state index in [0.29, 0.717) is 12.1 Å². The molecule has 3 heterocycles. The van der Waals surface area contributed by atoms with Gasteiger partial charge in [-0.2, -0.15) is 4.37 Å². The lowest BCUT2D eigenvalue weighted by Gasteiger charge is -2.34. The smallest absolute Gasteiger partial charge is 0.257 e. The number of piperidine rings is 1. The molecule has 5 nitrogen and oxygen atoms in total. The molecule has 0 aliphatic carbocycles. The summed E-state index contributed by atoms with van der Waals surface area (Å²) in [7, 11) is 0. The summed E-state index contributed by atoms with van der Waals surface area (Å²) in [5.74, 6) is 0.469. The van der Waals surface area contributed by atoms with Crippen molar-refractivity contribution in [3.05, 3.63) is 58.7 Å². The Kier molecular flexibility index (Phi) is 4.55. The molecule has 3 aromatic rings. The van der Waals surface area contributed by atoms with Crippen molar-refractivity contribution >= 4 is 17.4 Å². The molecule has 7 heteroatoms. The van der Waals surface area contributed by atoms with Crippen molar-refractivity contribution in [3.63, 3.8) is 0 Å². The molecule has 1 amide bonds. The molecule has 0 saturated carbocycles. The van der Waals surface area contributed by atoms with Crippen LogP contribution in [-0.2, 0) is 0 Å². The van der Waals surface area contributed by atoms with Crippen LogP contribution in [0, 0.1) is 12.7 Å². The highest BCUT2D eigenvalue weighted by atomic mass is 32.1. The van der Waals surface area contributed by atoms with Crippen molar-refractivity contribution in [3.8, 4) is 11.3 Å². The predicted octanol–water partition coefficient (Wildman–Crippen LogP) is 4.35. The van der Waals surface area contributed by atoms with E-state index in [1.54, 1.807) is 12.3 Å². The van der Waals surface area contributed by atoms with E-state index in [-0.39, 0.29) is 17.8 Å². The van der Waals surface area contributed by atoms with Gasteiger partial charge in [-0.15, -0.1) is 0 Å². The largest absolute Gasteiger partial charge is 0.340 e. The molecule has 2 aromatic heterocycles. The third-order valence-corrected chi connectivity index (χ3v) is 5.51. The standard InChI is InChI=1S/C19H19FN4OS/c1-12-15(11-26-23-12)19(25)24-8-3-2-7-17(24)18-21-10-16(22-18)13-5-4-6-14(20)9-13/h4-6,9-11,17H,2-3,7-8H2,1H3,(H,21,22). The fraction of sp³-hybridized carbons (Fsp3) is 0.316. The lowest BCUT2D eigenvalue weighted by atomic mass is 10.0. The highest BCUT2D eigenvalue weighted by Crippen LogP contribution is 2.32. The molecule has 26 heavy (non-hydrogen) atoms. The first-order chi connectivity index (χ1) is 12.6. The Morgan fingerprint density at radius 1 is 1.38 bits per heavy atom. The van der Waals surface area contributed by atoms with Crippen molar-refractivity contribution in [2.45, 2.75) is 32.2 Å². The Balaban J connectivity index is 1.63. The van der Waals surface area contributed by atoms with Gasteiger partial charge in [0.2, 0.25) is 0 Å². The van der Waals surface area contributed by atoms with Crippen LogP contribution in [0.25, 0.3) is 11.3 Å². The van der Waals surface area contributed by atoms with E-state index >= 15 is 0 Å². The maximum absolute atomic E-state index is 13.5. The van der Waals surface area contributed by atoms with Crippen LogP contribution in [0.1, 0.15) is 47.2 Å². The van der Waals surface area contributed by atoms with Gasteiger partial charge in [-0.1, -0.05) is 12.1 Å². The van der Waals surface area contributed by atoms with Crippen LogP contribution in [0.5, 0.6) is 0 Å². The lowest BCUT2D eigenvalue weighted by molar-refractivity contribution is 0.0600. The lowest BCUT2D eigenvalue weighted by Crippen LogP contribution is -2.39. The fourth-order valence-corrected chi connectivity index (χ4v) is 4.11. The second kappa shape index (κ2) is 6.99. The van der Waals surface area contributed by atoms with Crippen LogP contribution in [0.4, 0.5) is 4.39 Å². The maximum atomic E-state index is 13.5. The number of likely N-dealkylation sites (tertiary alicyclic amines) is 1. The minimum atomic E-state index is -0.284. The Hall–Kier alpha value is -2.54. The van der Waals surface area contributed by atoms with Crippen molar-refractivity contribution in [2.75, 3.05) is 6.54 Å². The summed E-state index contributed by atoms with van der Waals surface area (Å²) < 4.78 is 17.7. The summed E-state index contributed by atoms with van der Waals surface area (Å²) in [6.45, 7) is 2.56. The van der Waals surface area contributed by atoms with Gasteiger partial charge in [-0.3, -0.25) is 4.79 Å². The summed E-state index contributed by atoms with van der Waals surface area (Å²) >= 11 is 1.30. The molecule has 1 atom stereocenters. The molecular weight excluding hydrogens is 351 g/mol. The van der Waals surface area contributed by atoms with E-state index in [0.717, 1.165) is 42.0 Å². The third-order valence-electron chi connectivity index (χ3n) is 4.79. The quantitative estimate of drug-likeness (QED) is 0.746. The minimum Gasteiger partial charge on any atom is -0.340 e. The summed E-state index contributed by atoms with van der Waals surface area (Å²) in [6.07, 6.45) is 4.60. The number of nitrogens with one attached hydrogen (secondary N) is 1. The Bertz CT molecular complexity index is 935. The first kappa shape index (κ1) is 16.9. The van der Waals surface area contributed by atoms with E-state index < -0.39 is 0 Å². The minimum absolute atomic E-state index is 0.00431. The number of nitrogens with zero attached hydrogens (tertiary/aromatic N) is 3. The number of carbonyl (C=O) groups is 1. The zero-order chi connectivity index (χ0) is 18.1. The molecule has 1 aliphatic rings. The van der Waals surface area contributed by atoms with Crippen LogP contribution in [0.2, 0.25) is 0 Å². The van der Waals surface area contributed by atoms with Crippen molar-refractivity contribution < 1.29 is 9.18 Å². The molecule has 0 radical (unpaired) electrons. The van der Waals surface area contributed by atoms with Crippen LogP contribution >= 0.6 is 11.5 Å². The Morgan fingerprint density at radius 3 is 3.04 bits per heavy atom. The SMILES string of the molecule is Cc1nscc1C(=O)N1CCCCC1c1ncc(-c2cccc(F)c2)[nH]1. The predicted molar refractivity (Wildman–Crippen MR) is 98.5 cm³/mol. The Morgan fingerprint density at radius 2 is 2.27 bits per heavy atom.